The third-order valence-electron chi connectivity index (χ3n) is 4.78. The summed E-state index contributed by atoms with van der Waals surface area (Å²) in [5.41, 5.74) is 0. The van der Waals surface area contributed by atoms with Crippen molar-refractivity contribution in [3.8, 4) is 0 Å². The van der Waals surface area contributed by atoms with Crippen LogP contribution in [-0.2, 0) is 14.8 Å². The van der Waals surface area contributed by atoms with Crippen LogP contribution in [0.5, 0.6) is 0 Å². The summed E-state index contributed by atoms with van der Waals surface area (Å²) in [7, 11) is -3.19. The first-order chi connectivity index (χ1) is 9.91. The van der Waals surface area contributed by atoms with Gasteiger partial charge in [-0.2, -0.15) is 0 Å². The number of ketones is 1. The molecule has 2 aliphatic rings. The molecule has 0 radical (unpaired) electrons. The monoisotopic (exact) mass is 316 g/mol. The molecule has 2 heterocycles. The number of carbonyl (C=O) groups excluding carboxylic acids is 1. The summed E-state index contributed by atoms with van der Waals surface area (Å²) in [6, 6.07) is 0. The van der Waals surface area contributed by atoms with Gasteiger partial charge < -0.3 is 0 Å². The van der Waals surface area contributed by atoms with E-state index in [2.05, 4.69) is 11.8 Å². The molecule has 6 heteroatoms. The minimum Gasteiger partial charge on any atom is -0.298 e. The summed E-state index contributed by atoms with van der Waals surface area (Å²) >= 11 is 0. The normalized spacial score (nSPS) is 28.9. The highest BCUT2D eigenvalue weighted by Crippen LogP contribution is 2.30. The third-order valence-corrected chi connectivity index (χ3v) is 6.01. The molecule has 0 bridgehead atoms. The molecule has 122 valence electrons. The quantitative estimate of drug-likeness (QED) is 0.742. The zero-order chi connectivity index (χ0) is 15.5. The SMILES string of the molecule is CCC[C@H]1CN(S(C)(=O)=O)CC1C(=O)CN1CCCCC1. The van der Waals surface area contributed by atoms with Crippen LogP contribution in [0.3, 0.4) is 0 Å². The Morgan fingerprint density at radius 2 is 1.81 bits per heavy atom. The van der Waals surface area contributed by atoms with Gasteiger partial charge in [0.15, 0.2) is 5.78 Å². The molecule has 2 atom stereocenters. The molecule has 0 aromatic carbocycles. The lowest BCUT2D eigenvalue weighted by Crippen LogP contribution is -2.39. The molecule has 0 aromatic heterocycles. The minimum atomic E-state index is -3.19. The second-order valence-corrected chi connectivity index (χ2v) is 8.52. The van der Waals surface area contributed by atoms with Crippen LogP contribution in [-0.4, -0.2) is 62.4 Å². The third kappa shape index (κ3) is 4.50. The highest BCUT2D eigenvalue weighted by molar-refractivity contribution is 7.88. The number of likely N-dealkylation sites (tertiary alicyclic amines) is 1. The first-order valence-electron chi connectivity index (χ1n) is 8.12. The van der Waals surface area contributed by atoms with E-state index in [0.717, 1.165) is 25.9 Å². The van der Waals surface area contributed by atoms with Crippen LogP contribution in [0.4, 0.5) is 0 Å². The Hall–Kier alpha value is -0.460. The molecule has 1 unspecified atom stereocenters. The van der Waals surface area contributed by atoms with Gasteiger partial charge in [-0.25, -0.2) is 12.7 Å². The molecule has 0 amide bonds. The number of rotatable bonds is 6. The molecule has 0 saturated carbocycles. The average Bonchev–Trinajstić information content (AvgIpc) is 2.84. The van der Waals surface area contributed by atoms with Gasteiger partial charge in [-0.3, -0.25) is 9.69 Å². The lowest BCUT2D eigenvalue weighted by molar-refractivity contribution is -0.124. The van der Waals surface area contributed by atoms with Crippen molar-refractivity contribution in [1.29, 1.82) is 0 Å². The van der Waals surface area contributed by atoms with Gasteiger partial charge >= 0.3 is 0 Å². The van der Waals surface area contributed by atoms with E-state index in [1.807, 2.05) is 0 Å². The van der Waals surface area contributed by atoms with Crippen molar-refractivity contribution in [1.82, 2.24) is 9.21 Å². The van der Waals surface area contributed by atoms with E-state index in [1.54, 1.807) is 0 Å². The standard InChI is InChI=1S/C15H28N2O3S/c1-3-7-13-10-17(21(2,19)20)11-14(13)15(18)12-16-8-5-4-6-9-16/h13-14H,3-12H2,1-2H3/t13-,14?/m0/s1. The van der Waals surface area contributed by atoms with Crippen LogP contribution in [0.1, 0.15) is 39.0 Å². The van der Waals surface area contributed by atoms with Gasteiger partial charge in [0.25, 0.3) is 0 Å². The summed E-state index contributed by atoms with van der Waals surface area (Å²) in [6.07, 6.45) is 6.78. The maximum atomic E-state index is 12.6. The van der Waals surface area contributed by atoms with Crippen molar-refractivity contribution in [2.45, 2.75) is 39.0 Å². The van der Waals surface area contributed by atoms with Gasteiger partial charge in [-0.1, -0.05) is 19.8 Å². The first-order valence-corrected chi connectivity index (χ1v) is 9.97. The second-order valence-electron chi connectivity index (χ2n) is 6.54. The largest absolute Gasteiger partial charge is 0.298 e. The Balaban J connectivity index is 1.99. The summed E-state index contributed by atoms with van der Waals surface area (Å²) in [6.45, 7) is 5.51. The molecule has 2 fully saturated rings. The molecule has 2 rings (SSSR count). The van der Waals surface area contributed by atoms with E-state index in [0.29, 0.717) is 19.6 Å². The van der Waals surface area contributed by atoms with Gasteiger partial charge in [0.2, 0.25) is 10.0 Å². The van der Waals surface area contributed by atoms with Gasteiger partial charge in [0.1, 0.15) is 0 Å². The lowest BCUT2D eigenvalue weighted by Gasteiger charge is -2.27. The number of hydrogen-bond acceptors (Lipinski definition) is 4. The van der Waals surface area contributed by atoms with Crippen LogP contribution >= 0.6 is 0 Å². The van der Waals surface area contributed by atoms with Crippen molar-refractivity contribution < 1.29 is 13.2 Å². The second kappa shape index (κ2) is 7.20. The van der Waals surface area contributed by atoms with Crippen LogP contribution < -0.4 is 0 Å². The summed E-state index contributed by atoms with van der Waals surface area (Å²) in [5.74, 6) is 0.324. The highest BCUT2D eigenvalue weighted by Gasteiger charge is 2.40. The topological polar surface area (TPSA) is 57.7 Å². The van der Waals surface area contributed by atoms with Crippen LogP contribution in [0.25, 0.3) is 0 Å². The van der Waals surface area contributed by atoms with Crippen molar-refractivity contribution in [2.75, 3.05) is 39.0 Å². The van der Waals surface area contributed by atoms with E-state index in [1.165, 1.54) is 29.8 Å². The number of Topliss-reactive ketones (excluding diaryl/α,β-unsaturated/α-hetero) is 1. The van der Waals surface area contributed by atoms with Crippen molar-refractivity contribution in [3.63, 3.8) is 0 Å². The molecular formula is C15H28N2O3S. The number of hydrogen-bond donors (Lipinski definition) is 0. The molecule has 0 N–H and O–H groups in total. The molecule has 0 aromatic rings. The maximum Gasteiger partial charge on any atom is 0.211 e. The zero-order valence-corrected chi connectivity index (χ0v) is 14.1. The lowest BCUT2D eigenvalue weighted by atomic mass is 9.88. The van der Waals surface area contributed by atoms with Gasteiger partial charge in [-0.05, 0) is 38.3 Å². The smallest absolute Gasteiger partial charge is 0.211 e. The van der Waals surface area contributed by atoms with Crippen molar-refractivity contribution in [3.05, 3.63) is 0 Å². The summed E-state index contributed by atoms with van der Waals surface area (Å²) in [4.78, 5) is 14.8. The summed E-state index contributed by atoms with van der Waals surface area (Å²) in [5, 5.41) is 0. The zero-order valence-electron chi connectivity index (χ0n) is 13.3. The predicted octanol–water partition coefficient (Wildman–Crippen LogP) is 1.35. The summed E-state index contributed by atoms with van der Waals surface area (Å²) < 4.78 is 25.0. The molecule has 0 spiro atoms. The van der Waals surface area contributed by atoms with E-state index in [-0.39, 0.29) is 17.6 Å². The molecule has 2 aliphatic heterocycles. The fraction of sp³-hybridized carbons (Fsp3) is 0.933. The van der Waals surface area contributed by atoms with Crippen LogP contribution in [0.15, 0.2) is 0 Å². The Morgan fingerprint density at radius 1 is 1.14 bits per heavy atom. The van der Waals surface area contributed by atoms with Gasteiger partial charge in [0.05, 0.1) is 12.8 Å². The van der Waals surface area contributed by atoms with Gasteiger partial charge in [-0.15, -0.1) is 0 Å². The van der Waals surface area contributed by atoms with E-state index >= 15 is 0 Å². The maximum absolute atomic E-state index is 12.6. The molecule has 5 nitrogen and oxygen atoms in total. The predicted molar refractivity (Wildman–Crippen MR) is 83.6 cm³/mol. The number of piperidine rings is 1. The Kier molecular flexibility index (Phi) is 5.80. The molecule has 2 saturated heterocycles. The Morgan fingerprint density at radius 3 is 2.38 bits per heavy atom. The van der Waals surface area contributed by atoms with Gasteiger partial charge in [0, 0.05) is 19.0 Å². The van der Waals surface area contributed by atoms with E-state index in [9.17, 15) is 13.2 Å². The minimum absolute atomic E-state index is 0.110. The highest BCUT2D eigenvalue weighted by atomic mass is 32.2. The Labute approximate surface area is 128 Å². The molecule has 21 heavy (non-hydrogen) atoms. The fourth-order valence-electron chi connectivity index (χ4n) is 3.59. The number of nitrogens with zero attached hydrogens (tertiary/aromatic N) is 2. The number of sulfonamides is 1. The Bertz CT molecular complexity index is 458. The average molecular weight is 316 g/mol. The van der Waals surface area contributed by atoms with E-state index in [4.69, 9.17) is 0 Å². The van der Waals surface area contributed by atoms with Crippen LogP contribution in [0.2, 0.25) is 0 Å². The number of carbonyl (C=O) groups is 1. The molecular weight excluding hydrogens is 288 g/mol. The van der Waals surface area contributed by atoms with Crippen molar-refractivity contribution in [2.24, 2.45) is 11.8 Å². The van der Waals surface area contributed by atoms with Crippen LogP contribution in [0, 0.1) is 11.8 Å². The van der Waals surface area contributed by atoms with Crippen molar-refractivity contribution >= 4 is 15.8 Å². The van der Waals surface area contributed by atoms with E-state index < -0.39 is 10.0 Å². The molecule has 0 aliphatic carbocycles. The first kappa shape index (κ1) is 16.9. The fourth-order valence-corrected chi connectivity index (χ4v) is 4.48.